The average Bonchev–Trinajstić information content (AvgIpc) is 3.17. The number of aldehydes is 1. The molecule has 0 bridgehead atoms. The van der Waals surface area contributed by atoms with Crippen LogP contribution in [0.4, 0.5) is 0 Å². The zero-order valence-corrected chi connectivity index (χ0v) is 12.2. The van der Waals surface area contributed by atoms with Crippen molar-refractivity contribution in [2.75, 3.05) is 12.9 Å². The Morgan fingerprint density at radius 1 is 1.53 bits per heavy atom. The molecule has 1 aromatic rings. The van der Waals surface area contributed by atoms with E-state index in [1.165, 1.54) is 7.11 Å². The normalized spacial score (nSPS) is 15.9. The van der Waals surface area contributed by atoms with Crippen molar-refractivity contribution in [1.82, 2.24) is 0 Å². The van der Waals surface area contributed by atoms with Crippen LogP contribution < -0.4 is 0 Å². The molecule has 5 heteroatoms. The summed E-state index contributed by atoms with van der Waals surface area (Å²) < 4.78 is 4.72. The highest BCUT2D eigenvalue weighted by Crippen LogP contribution is 2.52. The number of rotatable bonds is 6. The van der Waals surface area contributed by atoms with Gasteiger partial charge < -0.3 is 4.74 Å². The third-order valence-electron chi connectivity index (χ3n) is 3.34. The maximum atomic E-state index is 11.3. The Hall–Kier alpha value is -1.00. The van der Waals surface area contributed by atoms with Gasteiger partial charge in [0.15, 0.2) is 6.29 Å². The van der Waals surface area contributed by atoms with Gasteiger partial charge in [-0.1, -0.05) is 11.6 Å². The van der Waals surface area contributed by atoms with E-state index in [9.17, 15) is 9.59 Å². The topological polar surface area (TPSA) is 43.4 Å². The summed E-state index contributed by atoms with van der Waals surface area (Å²) in [5, 5.41) is 0.558. The van der Waals surface area contributed by atoms with Gasteiger partial charge in [-0.15, -0.1) is 11.8 Å². The number of benzene rings is 1. The molecule has 1 saturated carbocycles. The molecule has 1 aliphatic carbocycles. The predicted octanol–water partition coefficient (Wildman–Crippen LogP) is 3.59. The number of methoxy groups -OCH3 is 1. The van der Waals surface area contributed by atoms with E-state index in [2.05, 4.69) is 0 Å². The third-order valence-corrected chi connectivity index (χ3v) is 5.01. The Labute approximate surface area is 121 Å². The van der Waals surface area contributed by atoms with Crippen molar-refractivity contribution in [3.63, 3.8) is 0 Å². The SMILES string of the molecule is COC(=O)CC1(CSc2ccc(Cl)cc2C=O)CC1. The largest absolute Gasteiger partial charge is 0.469 e. The fraction of sp³-hybridized carbons (Fsp3) is 0.429. The molecule has 1 aromatic carbocycles. The van der Waals surface area contributed by atoms with Gasteiger partial charge in [0.1, 0.15) is 0 Å². The molecule has 0 aromatic heterocycles. The van der Waals surface area contributed by atoms with E-state index in [4.69, 9.17) is 16.3 Å². The van der Waals surface area contributed by atoms with Crippen molar-refractivity contribution >= 4 is 35.6 Å². The maximum absolute atomic E-state index is 11.3. The maximum Gasteiger partial charge on any atom is 0.306 e. The lowest BCUT2D eigenvalue weighted by molar-refractivity contribution is -0.141. The van der Waals surface area contributed by atoms with E-state index in [0.29, 0.717) is 17.0 Å². The molecule has 2 rings (SSSR count). The van der Waals surface area contributed by atoms with E-state index in [0.717, 1.165) is 29.8 Å². The van der Waals surface area contributed by atoms with Crippen LogP contribution in [0.15, 0.2) is 23.1 Å². The molecule has 19 heavy (non-hydrogen) atoms. The van der Waals surface area contributed by atoms with Crippen LogP contribution in [0.2, 0.25) is 5.02 Å². The monoisotopic (exact) mass is 298 g/mol. The molecule has 0 spiro atoms. The summed E-state index contributed by atoms with van der Waals surface area (Å²) in [4.78, 5) is 23.3. The summed E-state index contributed by atoms with van der Waals surface area (Å²) in [5.74, 6) is 0.662. The van der Waals surface area contributed by atoms with Crippen LogP contribution in [-0.2, 0) is 9.53 Å². The van der Waals surface area contributed by atoms with Crippen LogP contribution in [-0.4, -0.2) is 25.1 Å². The minimum Gasteiger partial charge on any atom is -0.469 e. The molecular weight excluding hydrogens is 284 g/mol. The van der Waals surface area contributed by atoms with Crippen molar-refractivity contribution < 1.29 is 14.3 Å². The number of hydrogen-bond donors (Lipinski definition) is 0. The van der Waals surface area contributed by atoms with Crippen molar-refractivity contribution in [1.29, 1.82) is 0 Å². The van der Waals surface area contributed by atoms with Gasteiger partial charge in [0.05, 0.1) is 13.5 Å². The quantitative estimate of drug-likeness (QED) is 0.457. The second-order valence-electron chi connectivity index (χ2n) is 4.84. The molecule has 0 N–H and O–H groups in total. The summed E-state index contributed by atoms with van der Waals surface area (Å²) in [6, 6.07) is 5.29. The molecule has 1 aliphatic rings. The van der Waals surface area contributed by atoms with Crippen molar-refractivity contribution in [2.45, 2.75) is 24.2 Å². The molecule has 1 fully saturated rings. The Morgan fingerprint density at radius 3 is 2.84 bits per heavy atom. The van der Waals surface area contributed by atoms with Gasteiger partial charge in [-0.2, -0.15) is 0 Å². The number of thioether (sulfide) groups is 1. The second kappa shape index (κ2) is 5.97. The van der Waals surface area contributed by atoms with Crippen LogP contribution in [0.25, 0.3) is 0 Å². The Bertz CT molecular complexity index is 497. The Morgan fingerprint density at radius 2 is 2.26 bits per heavy atom. The smallest absolute Gasteiger partial charge is 0.306 e. The van der Waals surface area contributed by atoms with E-state index in [1.807, 2.05) is 6.07 Å². The molecular formula is C14H15ClO3S. The first-order valence-corrected chi connectivity index (χ1v) is 7.39. The number of esters is 1. The minimum atomic E-state index is -0.162. The number of carbonyl (C=O) groups excluding carboxylic acids is 2. The fourth-order valence-electron chi connectivity index (χ4n) is 1.90. The molecule has 0 radical (unpaired) electrons. The Balaban J connectivity index is 1.99. The van der Waals surface area contributed by atoms with Crippen molar-refractivity contribution in [3.05, 3.63) is 28.8 Å². The zero-order valence-electron chi connectivity index (χ0n) is 10.6. The van der Waals surface area contributed by atoms with Gasteiger partial charge in [-0.3, -0.25) is 9.59 Å². The fourth-order valence-corrected chi connectivity index (χ4v) is 3.37. The lowest BCUT2D eigenvalue weighted by atomic mass is 10.1. The van der Waals surface area contributed by atoms with Crippen molar-refractivity contribution in [3.8, 4) is 0 Å². The number of ether oxygens (including phenoxy) is 1. The number of carbonyl (C=O) groups is 2. The molecule has 0 saturated heterocycles. The van der Waals surface area contributed by atoms with E-state index in [-0.39, 0.29) is 11.4 Å². The average molecular weight is 299 g/mol. The highest BCUT2D eigenvalue weighted by Gasteiger charge is 2.44. The molecule has 0 heterocycles. The van der Waals surface area contributed by atoms with Gasteiger partial charge in [-0.05, 0) is 36.5 Å². The molecule has 3 nitrogen and oxygen atoms in total. The second-order valence-corrected chi connectivity index (χ2v) is 6.30. The van der Waals surface area contributed by atoms with Crippen LogP contribution in [0.1, 0.15) is 29.6 Å². The van der Waals surface area contributed by atoms with E-state index in [1.54, 1.807) is 23.9 Å². The van der Waals surface area contributed by atoms with Crippen LogP contribution in [0.5, 0.6) is 0 Å². The van der Waals surface area contributed by atoms with Gasteiger partial charge in [0.2, 0.25) is 0 Å². The molecule has 0 atom stereocenters. The van der Waals surface area contributed by atoms with Gasteiger partial charge >= 0.3 is 5.97 Å². The number of hydrogen-bond acceptors (Lipinski definition) is 4. The highest BCUT2D eigenvalue weighted by atomic mass is 35.5. The summed E-state index contributed by atoms with van der Waals surface area (Å²) in [5.41, 5.74) is 0.656. The van der Waals surface area contributed by atoms with E-state index < -0.39 is 0 Å². The third kappa shape index (κ3) is 3.74. The zero-order chi connectivity index (χ0) is 13.9. The molecule has 0 unspecified atom stereocenters. The molecule has 0 amide bonds. The standard InChI is InChI=1S/C14H15ClO3S/c1-18-13(17)7-14(4-5-14)9-19-12-3-2-11(15)6-10(12)8-16/h2-3,6,8H,4-5,7,9H2,1H3. The van der Waals surface area contributed by atoms with Crippen LogP contribution in [0, 0.1) is 5.41 Å². The first-order chi connectivity index (χ1) is 9.08. The molecule has 102 valence electrons. The van der Waals surface area contributed by atoms with Crippen LogP contribution in [0.3, 0.4) is 0 Å². The minimum absolute atomic E-state index is 0.0531. The van der Waals surface area contributed by atoms with Crippen molar-refractivity contribution in [2.24, 2.45) is 5.41 Å². The first-order valence-electron chi connectivity index (χ1n) is 6.03. The Kier molecular flexibility index (Phi) is 4.53. The van der Waals surface area contributed by atoms with Gasteiger partial charge in [0, 0.05) is 21.2 Å². The lowest BCUT2D eigenvalue weighted by Gasteiger charge is -2.13. The van der Waals surface area contributed by atoms with Gasteiger partial charge in [0.25, 0.3) is 0 Å². The number of halogens is 1. The summed E-state index contributed by atoms with van der Waals surface area (Å²) in [7, 11) is 1.41. The summed E-state index contributed by atoms with van der Waals surface area (Å²) >= 11 is 7.46. The van der Waals surface area contributed by atoms with E-state index >= 15 is 0 Å². The highest BCUT2D eigenvalue weighted by molar-refractivity contribution is 7.99. The molecule has 0 aliphatic heterocycles. The predicted molar refractivity (Wildman–Crippen MR) is 75.9 cm³/mol. The summed E-state index contributed by atoms with van der Waals surface area (Å²) in [6.45, 7) is 0. The van der Waals surface area contributed by atoms with Gasteiger partial charge in [-0.25, -0.2) is 0 Å². The van der Waals surface area contributed by atoms with Crippen LogP contribution >= 0.6 is 23.4 Å². The summed E-state index contributed by atoms with van der Waals surface area (Å²) in [6.07, 6.45) is 3.35. The lowest BCUT2D eigenvalue weighted by Crippen LogP contribution is -2.13. The first kappa shape index (κ1) is 14.4.